The second-order valence-electron chi connectivity index (χ2n) is 2.54. The second-order valence-corrected chi connectivity index (χ2v) is 2.54. The molecule has 0 heterocycles. The van der Waals surface area contributed by atoms with Crippen molar-refractivity contribution in [3.63, 3.8) is 0 Å². The van der Waals surface area contributed by atoms with Crippen molar-refractivity contribution in [3.05, 3.63) is 61.8 Å². The molecule has 0 amide bonds. The first-order chi connectivity index (χ1) is 5.74. The number of hydrogen-bond acceptors (Lipinski definition) is 0. The summed E-state index contributed by atoms with van der Waals surface area (Å²) in [6.07, 6.45) is 9.26. The van der Waals surface area contributed by atoms with E-state index in [1.807, 2.05) is 12.2 Å². The molecule has 0 aromatic carbocycles. The minimum Gasteiger partial charge on any atom is -0.0991 e. The number of hydrogen-bond donors (Lipinski definition) is 0. The average molecular weight is 160 g/mol. The largest absolute Gasteiger partial charge is 0.0991 e. The van der Waals surface area contributed by atoms with Gasteiger partial charge in [-0.25, -0.2) is 0 Å². The Hall–Kier alpha value is -1.30. The molecule has 0 aromatic heterocycles. The van der Waals surface area contributed by atoms with Gasteiger partial charge in [0.1, 0.15) is 0 Å². The van der Waals surface area contributed by atoms with Crippen LogP contribution in [0.5, 0.6) is 0 Å². The topological polar surface area (TPSA) is 0 Å². The molecule has 0 spiro atoms. The summed E-state index contributed by atoms with van der Waals surface area (Å²) in [5, 5.41) is 0. The van der Waals surface area contributed by atoms with Crippen LogP contribution in [0.25, 0.3) is 0 Å². The maximum atomic E-state index is 3.83. The molecule has 0 bridgehead atoms. The molecule has 0 aromatic rings. The van der Waals surface area contributed by atoms with Gasteiger partial charge in [-0.15, -0.1) is 0 Å². The van der Waals surface area contributed by atoms with Crippen molar-refractivity contribution < 1.29 is 0 Å². The highest BCUT2D eigenvalue weighted by molar-refractivity contribution is 5.23. The van der Waals surface area contributed by atoms with Gasteiger partial charge in [-0.3, -0.25) is 0 Å². The molecule has 0 saturated carbocycles. The highest BCUT2D eigenvalue weighted by atomic mass is 14.0. The number of allylic oxidation sites excluding steroid dienone is 6. The highest BCUT2D eigenvalue weighted by Gasteiger charge is 1.91. The normalized spacial score (nSPS) is 10.5. The van der Waals surface area contributed by atoms with Crippen molar-refractivity contribution in [1.82, 2.24) is 0 Å². The van der Waals surface area contributed by atoms with Crippen molar-refractivity contribution in [2.75, 3.05) is 0 Å². The van der Waals surface area contributed by atoms with Crippen LogP contribution in [-0.4, -0.2) is 0 Å². The van der Waals surface area contributed by atoms with Crippen LogP contribution in [0.3, 0.4) is 0 Å². The van der Waals surface area contributed by atoms with E-state index in [2.05, 4.69) is 26.3 Å². The lowest BCUT2D eigenvalue weighted by atomic mass is 10.1. The smallest absolute Gasteiger partial charge is 0.0239 e. The molecule has 64 valence electrons. The first kappa shape index (κ1) is 10.7. The minimum atomic E-state index is 0.940. The van der Waals surface area contributed by atoms with Crippen molar-refractivity contribution in [1.29, 1.82) is 0 Å². The molecule has 0 aliphatic carbocycles. The minimum absolute atomic E-state index is 0.940. The van der Waals surface area contributed by atoms with Gasteiger partial charge in [-0.05, 0) is 18.4 Å². The van der Waals surface area contributed by atoms with Crippen molar-refractivity contribution in [2.45, 2.75) is 12.8 Å². The Morgan fingerprint density at radius 2 is 1.67 bits per heavy atom. The Balaban J connectivity index is 3.96. The Kier molecular flexibility index (Phi) is 5.72. The van der Waals surface area contributed by atoms with Gasteiger partial charge in [0.25, 0.3) is 0 Å². The Morgan fingerprint density at radius 3 is 2.08 bits per heavy atom. The SMILES string of the molecule is C=C/C=C(\C=C)CCC(=C)C=C. The third-order valence-electron chi connectivity index (χ3n) is 1.62. The second kappa shape index (κ2) is 6.41. The van der Waals surface area contributed by atoms with Crippen LogP contribution in [0.4, 0.5) is 0 Å². The predicted molar refractivity (Wildman–Crippen MR) is 57.0 cm³/mol. The Bertz CT molecular complexity index is 216. The molecule has 0 atom stereocenters. The molecule has 12 heavy (non-hydrogen) atoms. The van der Waals surface area contributed by atoms with E-state index in [0.29, 0.717) is 0 Å². The first-order valence-electron chi connectivity index (χ1n) is 3.98. The van der Waals surface area contributed by atoms with Gasteiger partial charge in [-0.1, -0.05) is 56.2 Å². The lowest BCUT2D eigenvalue weighted by Crippen LogP contribution is -1.80. The highest BCUT2D eigenvalue weighted by Crippen LogP contribution is 2.11. The maximum Gasteiger partial charge on any atom is -0.0239 e. The van der Waals surface area contributed by atoms with E-state index in [1.54, 1.807) is 12.2 Å². The average Bonchev–Trinajstić information content (AvgIpc) is 2.11. The summed E-state index contributed by atoms with van der Waals surface area (Å²) in [4.78, 5) is 0. The molecular weight excluding hydrogens is 144 g/mol. The van der Waals surface area contributed by atoms with Crippen LogP contribution < -0.4 is 0 Å². The standard InChI is InChI=1S/C12H16/c1-5-8-12(7-3)10-9-11(4)6-2/h5-8H,1-4,9-10H2/b12-8+. The molecule has 0 unspecified atom stereocenters. The fourth-order valence-electron chi connectivity index (χ4n) is 0.812. The molecule has 0 fully saturated rings. The van der Waals surface area contributed by atoms with Gasteiger partial charge < -0.3 is 0 Å². The van der Waals surface area contributed by atoms with Crippen LogP contribution in [0, 0.1) is 0 Å². The Morgan fingerprint density at radius 1 is 1.00 bits per heavy atom. The number of rotatable bonds is 6. The quantitative estimate of drug-likeness (QED) is 0.518. The first-order valence-corrected chi connectivity index (χ1v) is 3.98. The lowest BCUT2D eigenvalue weighted by molar-refractivity contribution is 0.976. The summed E-state index contributed by atoms with van der Waals surface area (Å²) in [7, 11) is 0. The third-order valence-corrected chi connectivity index (χ3v) is 1.62. The zero-order valence-electron chi connectivity index (χ0n) is 7.55. The van der Waals surface area contributed by atoms with E-state index in [0.717, 1.165) is 18.4 Å². The van der Waals surface area contributed by atoms with Crippen molar-refractivity contribution >= 4 is 0 Å². The molecule has 0 nitrogen and oxygen atoms in total. The van der Waals surface area contributed by atoms with E-state index >= 15 is 0 Å². The molecule has 0 aliphatic rings. The molecule has 0 radical (unpaired) electrons. The van der Waals surface area contributed by atoms with Crippen LogP contribution in [0.15, 0.2) is 61.8 Å². The van der Waals surface area contributed by atoms with Gasteiger partial charge in [0.15, 0.2) is 0 Å². The molecule has 0 saturated heterocycles. The van der Waals surface area contributed by atoms with Gasteiger partial charge in [0.2, 0.25) is 0 Å². The van der Waals surface area contributed by atoms with Crippen molar-refractivity contribution in [3.8, 4) is 0 Å². The van der Waals surface area contributed by atoms with Gasteiger partial charge in [0.05, 0.1) is 0 Å². The van der Waals surface area contributed by atoms with E-state index in [1.165, 1.54) is 5.57 Å². The summed E-state index contributed by atoms with van der Waals surface area (Å²) in [5.41, 5.74) is 2.25. The molecule has 0 aliphatic heterocycles. The molecular formula is C12H16. The van der Waals surface area contributed by atoms with Crippen LogP contribution in [-0.2, 0) is 0 Å². The molecule has 0 N–H and O–H groups in total. The summed E-state index contributed by atoms with van der Waals surface area (Å²) in [5.74, 6) is 0. The van der Waals surface area contributed by atoms with Gasteiger partial charge in [-0.2, -0.15) is 0 Å². The van der Waals surface area contributed by atoms with Crippen molar-refractivity contribution in [2.24, 2.45) is 0 Å². The summed E-state index contributed by atoms with van der Waals surface area (Å²) < 4.78 is 0. The summed E-state index contributed by atoms with van der Waals surface area (Å²) in [6, 6.07) is 0. The molecule has 0 rings (SSSR count). The summed E-state index contributed by atoms with van der Waals surface area (Å²) in [6.45, 7) is 14.8. The van der Waals surface area contributed by atoms with E-state index in [9.17, 15) is 0 Å². The lowest BCUT2D eigenvalue weighted by Gasteiger charge is -2.00. The van der Waals surface area contributed by atoms with E-state index < -0.39 is 0 Å². The van der Waals surface area contributed by atoms with Crippen LogP contribution in [0.2, 0.25) is 0 Å². The molecule has 0 heteroatoms. The zero-order valence-corrected chi connectivity index (χ0v) is 7.55. The monoisotopic (exact) mass is 160 g/mol. The van der Waals surface area contributed by atoms with Gasteiger partial charge >= 0.3 is 0 Å². The van der Waals surface area contributed by atoms with Crippen LogP contribution in [0.1, 0.15) is 12.8 Å². The van der Waals surface area contributed by atoms with E-state index in [-0.39, 0.29) is 0 Å². The fraction of sp³-hybridized carbons (Fsp3) is 0.167. The zero-order chi connectivity index (χ0) is 9.40. The van der Waals surface area contributed by atoms with Crippen LogP contribution >= 0.6 is 0 Å². The predicted octanol–water partition coefficient (Wildman–Crippen LogP) is 3.81. The fourth-order valence-corrected chi connectivity index (χ4v) is 0.812. The maximum absolute atomic E-state index is 3.83. The van der Waals surface area contributed by atoms with E-state index in [4.69, 9.17) is 0 Å². The van der Waals surface area contributed by atoms with Gasteiger partial charge in [0, 0.05) is 0 Å². The summed E-state index contributed by atoms with van der Waals surface area (Å²) >= 11 is 0. The Labute approximate surface area is 75.3 Å². The third kappa shape index (κ3) is 4.51.